The quantitative estimate of drug-likeness (QED) is 0.620. The van der Waals surface area contributed by atoms with Gasteiger partial charge in [-0.3, -0.25) is 14.6 Å². The van der Waals surface area contributed by atoms with Gasteiger partial charge in [0.05, 0.1) is 17.6 Å². The molecule has 2 N–H and O–H groups in total. The molecule has 2 aromatic carbocycles. The Morgan fingerprint density at radius 3 is 2.62 bits per heavy atom. The molecule has 0 radical (unpaired) electrons. The van der Waals surface area contributed by atoms with Crippen molar-refractivity contribution in [3.63, 3.8) is 0 Å². The van der Waals surface area contributed by atoms with Crippen LogP contribution in [-0.2, 0) is 11.2 Å². The fourth-order valence-electron chi connectivity index (χ4n) is 4.42. The molecule has 1 aliphatic rings. The van der Waals surface area contributed by atoms with Gasteiger partial charge in [-0.1, -0.05) is 42.5 Å². The molecule has 6 heteroatoms. The van der Waals surface area contributed by atoms with E-state index in [1.54, 1.807) is 23.2 Å². The third-order valence-corrected chi connectivity index (χ3v) is 6.10. The van der Waals surface area contributed by atoms with Crippen LogP contribution >= 0.6 is 0 Å². The average molecular weight is 430 g/mol. The van der Waals surface area contributed by atoms with Crippen molar-refractivity contribution in [1.29, 1.82) is 0 Å². The molecule has 1 aliphatic heterocycles. The zero-order valence-electron chi connectivity index (χ0n) is 18.2. The largest absolute Gasteiger partial charge is 0.493 e. The van der Waals surface area contributed by atoms with Crippen molar-refractivity contribution in [2.75, 3.05) is 19.7 Å². The maximum Gasteiger partial charge on any atom is 0.257 e. The fourth-order valence-corrected chi connectivity index (χ4v) is 4.42. The number of nitrogens with zero attached hydrogens (tertiary/aromatic N) is 2. The Morgan fingerprint density at radius 2 is 1.88 bits per heavy atom. The molecular formula is C26H27N3O3. The molecule has 32 heavy (non-hydrogen) atoms. The van der Waals surface area contributed by atoms with E-state index in [0.717, 1.165) is 16.7 Å². The van der Waals surface area contributed by atoms with Crippen LogP contribution in [0.25, 0.3) is 11.1 Å². The standard InChI is InChI=1S/C26H27N3O3/c1-2-32-23-12-6-5-11-22(23)24(30)29-15-13-26(18-29,25(27)31)16-19-8-3-4-10-21(19)20-9-7-14-28-17-20/h3-12,14,17H,2,13,15-16,18H2,1H3,(H2,27,31)/t26-/m0/s1. The second-order valence-corrected chi connectivity index (χ2v) is 8.13. The Morgan fingerprint density at radius 1 is 1.09 bits per heavy atom. The molecule has 1 aromatic heterocycles. The molecular weight excluding hydrogens is 402 g/mol. The number of pyridine rings is 1. The highest BCUT2D eigenvalue weighted by molar-refractivity contribution is 5.98. The van der Waals surface area contributed by atoms with Crippen LogP contribution in [0, 0.1) is 5.41 Å². The van der Waals surface area contributed by atoms with Gasteiger partial charge in [0.25, 0.3) is 5.91 Å². The highest BCUT2D eigenvalue weighted by atomic mass is 16.5. The molecule has 0 bridgehead atoms. The number of aromatic nitrogens is 1. The van der Waals surface area contributed by atoms with Crippen molar-refractivity contribution < 1.29 is 14.3 Å². The first-order valence-corrected chi connectivity index (χ1v) is 10.8. The van der Waals surface area contributed by atoms with Crippen LogP contribution in [0.3, 0.4) is 0 Å². The Balaban J connectivity index is 1.61. The maximum atomic E-state index is 13.3. The molecule has 0 spiro atoms. The summed E-state index contributed by atoms with van der Waals surface area (Å²) in [7, 11) is 0. The zero-order chi connectivity index (χ0) is 22.6. The number of benzene rings is 2. The van der Waals surface area contributed by atoms with Crippen molar-refractivity contribution >= 4 is 11.8 Å². The molecule has 1 atom stereocenters. The van der Waals surface area contributed by atoms with E-state index < -0.39 is 5.41 Å². The minimum absolute atomic E-state index is 0.141. The number of para-hydroxylation sites is 1. The Kier molecular flexibility index (Phi) is 6.21. The molecule has 1 fully saturated rings. The van der Waals surface area contributed by atoms with Crippen LogP contribution < -0.4 is 10.5 Å². The summed E-state index contributed by atoms with van der Waals surface area (Å²) in [5.41, 5.74) is 8.64. The normalized spacial score (nSPS) is 17.8. The highest BCUT2D eigenvalue weighted by Crippen LogP contribution is 2.38. The molecule has 4 rings (SSSR count). The summed E-state index contributed by atoms with van der Waals surface area (Å²) in [6.45, 7) is 3.11. The van der Waals surface area contributed by atoms with Gasteiger partial charge in [-0.2, -0.15) is 0 Å². The molecule has 0 aliphatic carbocycles. The predicted octanol–water partition coefficient (Wildman–Crippen LogP) is 3.71. The second kappa shape index (κ2) is 9.22. The van der Waals surface area contributed by atoms with E-state index in [0.29, 0.717) is 37.3 Å². The lowest BCUT2D eigenvalue weighted by atomic mass is 9.78. The molecule has 164 valence electrons. The van der Waals surface area contributed by atoms with Gasteiger partial charge in [0.1, 0.15) is 5.75 Å². The van der Waals surface area contributed by atoms with Crippen LogP contribution in [-0.4, -0.2) is 41.4 Å². The lowest BCUT2D eigenvalue weighted by Crippen LogP contribution is -2.42. The summed E-state index contributed by atoms with van der Waals surface area (Å²) in [4.78, 5) is 31.9. The van der Waals surface area contributed by atoms with E-state index >= 15 is 0 Å². The summed E-state index contributed by atoms with van der Waals surface area (Å²) in [5.74, 6) is 0.0306. The number of hydrogen-bond donors (Lipinski definition) is 1. The molecule has 2 amide bonds. The number of hydrogen-bond acceptors (Lipinski definition) is 4. The smallest absolute Gasteiger partial charge is 0.257 e. The van der Waals surface area contributed by atoms with E-state index in [2.05, 4.69) is 4.98 Å². The van der Waals surface area contributed by atoms with Gasteiger partial charge in [-0.05, 0) is 49.1 Å². The summed E-state index contributed by atoms with van der Waals surface area (Å²) in [6.07, 6.45) is 4.53. The second-order valence-electron chi connectivity index (χ2n) is 8.13. The van der Waals surface area contributed by atoms with Gasteiger partial charge in [0.15, 0.2) is 0 Å². The van der Waals surface area contributed by atoms with Crippen molar-refractivity contribution in [3.05, 3.63) is 84.2 Å². The third-order valence-electron chi connectivity index (χ3n) is 6.10. The van der Waals surface area contributed by atoms with Crippen molar-refractivity contribution in [2.24, 2.45) is 11.1 Å². The lowest BCUT2D eigenvalue weighted by molar-refractivity contribution is -0.126. The fraction of sp³-hybridized carbons (Fsp3) is 0.269. The van der Waals surface area contributed by atoms with Gasteiger partial charge in [0, 0.05) is 31.0 Å². The maximum absolute atomic E-state index is 13.3. The van der Waals surface area contributed by atoms with Crippen LogP contribution in [0.5, 0.6) is 5.75 Å². The van der Waals surface area contributed by atoms with E-state index in [4.69, 9.17) is 10.5 Å². The first kappa shape index (κ1) is 21.6. The van der Waals surface area contributed by atoms with E-state index in [-0.39, 0.29) is 18.4 Å². The van der Waals surface area contributed by atoms with E-state index in [9.17, 15) is 9.59 Å². The van der Waals surface area contributed by atoms with Crippen molar-refractivity contribution in [2.45, 2.75) is 19.8 Å². The highest BCUT2D eigenvalue weighted by Gasteiger charge is 2.45. The summed E-state index contributed by atoms with van der Waals surface area (Å²) in [5, 5.41) is 0. The molecule has 3 aromatic rings. The minimum atomic E-state index is -0.825. The van der Waals surface area contributed by atoms with E-state index in [1.165, 1.54) is 0 Å². The first-order valence-electron chi connectivity index (χ1n) is 10.8. The van der Waals surface area contributed by atoms with Crippen molar-refractivity contribution in [3.8, 4) is 16.9 Å². The van der Waals surface area contributed by atoms with Gasteiger partial charge in [-0.25, -0.2) is 0 Å². The van der Waals surface area contributed by atoms with Gasteiger partial charge in [-0.15, -0.1) is 0 Å². The SMILES string of the molecule is CCOc1ccccc1C(=O)N1CC[C@@](Cc2ccccc2-c2cccnc2)(C(N)=O)C1. The van der Waals surface area contributed by atoms with Crippen LogP contribution in [0.2, 0.25) is 0 Å². The molecule has 6 nitrogen and oxygen atoms in total. The Labute approximate surface area is 188 Å². The van der Waals surface area contributed by atoms with Crippen molar-refractivity contribution in [1.82, 2.24) is 9.88 Å². The van der Waals surface area contributed by atoms with Gasteiger partial charge in [0.2, 0.25) is 5.91 Å². The Hall–Kier alpha value is -3.67. The number of likely N-dealkylation sites (tertiary alicyclic amines) is 1. The number of primary amides is 1. The molecule has 1 saturated heterocycles. The van der Waals surface area contributed by atoms with Crippen LogP contribution in [0.4, 0.5) is 0 Å². The average Bonchev–Trinajstić information content (AvgIpc) is 3.26. The zero-order valence-corrected chi connectivity index (χ0v) is 18.2. The van der Waals surface area contributed by atoms with Gasteiger partial charge < -0.3 is 15.4 Å². The van der Waals surface area contributed by atoms with E-state index in [1.807, 2.05) is 61.7 Å². The monoisotopic (exact) mass is 429 g/mol. The summed E-state index contributed by atoms with van der Waals surface area (Å²) >= 11 is 0. The number of rotatable bonds is 7. The summed E-state index contributed by atoms with van der Waals surface area (Å²) in [6, 6.07) is 19.1. The third kappa shape index (κ3) is 4.21. The molecule has 2 heterocycles. The number of amides is 2. The first-order chi connectivity index (χ1) is 15.5. The topological polar surface area (TPSA) is 85.5 Å². The van der Waals surface area contributed by atoms with Gasteiger partial charge >= 0.3 is 0 Å². The summed E-state index contributed by atoms with van der Waals surface area (Å²) < 4.78 is 5.63. The Bertz CT molecular complexity index is 1120. The van der Waals surface area contributed by atoms with Crippen LogP contribution in [0.1, 0.15) is 29.3 Å². The molecule has 0 unspecified atom stereocenters. The minimum Gasteiger partial charge on any atom is -0.493 e. The molecule has 0 saturated carbocycles. The number of nitrogens with two attached hydrogens (primary N) is 1. The number of carbonyl (C=O) groups excluding carboxylic acids is 2. The number of ether oxygens (including phenoxy) is 1. The predicted molar refractivity (Wildman–Crippen MR) is 123 cm³/mol. The number of carbonyl (C=O) groups is 2. The van der Waals surface area contributed by atoms with Crippen LogP contribution in [0.15, 0.2) is 73.1 Å². The lowest BCUT2D eigenvalue weighted by Gasteiger charge is -2.27.